The number of nitrogens with zero attached hydrogens (tertiary/aromatic N) is 1. The Morgan fingerprint density at radius 2 is 2.03 bits per heavy atom. The molecule has 6 nitrogen and oxygen atoms in total. The SMILES string of the molecule is CC(C)=CCC[C@]1(C)Oc2cc(O)ccc2[C@H]2OCC3(C[C@@H]21)CN(C(=O)OC(C)(C)C)C3. The summed E-state index contributed by atoms with van der Waals surface area (Å²) in [7, 11) is 0. The Morgan fingerprint density at radius 3 is 2.69 bits per heavy atom. The van der Waals surface area contributed by atoms with Gasteiger partial charge in [-0.1, -0.05) is 11.6 Å². The number of fused-ring (bicyclic) bond motifs is 3. The zero-order chi connectivity index (χ0) is 23.3. The molecule has 2 saturated heterocycles. The molecule has 3 heterocycles. The van der Waals surface area contributed by atoms with Gasteiger partial charge in [0.15, 0.2) is 0 Å². The van der Waals surface area contributed by atoms with Gasteiger partial charge in [0, 0.05) is 36.1 Å². The fourth-order valence-electron chi connectivity index (χ4n) is 5.35. The standard InChI is InChI=1S/C26H37NO5/c1-17(2)8-7-11-25(6)20-13-26(14-27(15-26)23(29)32-24(3,4)5)16-30-22(20)19-10-9-18(28)12-21(19)31-25/h8-10,12,20,22,28H,7,11,13-16H2,1-6H3/t20-,22+,25-/m0/s1. The number of rotatable bonds is 3. The van der Waals surface area contributed by atoms with Crippen LogP contribution in [0.15, 0.2) is 29.8 Å². The first kappa shape index (κ1) is 23.0. The molecule has 6 heteroatoms. The van der Waals surface area contributed by atoms with Crippen LogP contribution < -0.4 is 4.74 Å². The van der Waals surface area contributed by atoms with E-state index in [9.17, 15) is 9.90 Å². The molecule has 1 spiro atoms. The molecule has 1 amide bonds. The maximum Gasteiger partial charge on any atom is 0.410 e. The van der Waals surface area contributed by atoms with Crippen molar-refractivity contribution < 1.29 is 24.1 Å². The number of ether oxygens (including phenoxy) is 3. The van der Waals surface area contributed by atoms with Crippen LogP contribution in [0.1, 0.15) is 72.5 Å². The number of phenolic OH excluding ortho intramolecular Hbond substituents is 1. The van der Waals surface area contributed by atoms with Gasteiger partial charge in [0.25, 0.3) is 0 Å². The lowest BCUT2D eigenvalue weighted by Gasteiger charge is -2.58. The summed E-state index contributed by atoms with van der Waals surface area (Å²) in [4.78, 5) is 14.3. The zero-order valence-corrected chi connectivity index (χ0v) is 20.2. The number of allylic oxidation sites excluding steroid dienone is 2. The number of hydrogen-bond acceptors (Lipinski definition) is 5. The van der Waals surface area contributed by atoms with Gasteiger partial charge in [0.2, 0.25) is 0 Å². The van der Waals surface area contributed by atoms with Gasteiger partial charge >= 0.3 is 6.09 Å². The number of carbonyl (C=O) groups excluding carboxylic acids is 1. The molecule has 0 bridgehead atoms. The van der Waals surface area contributed by atoms with Crippen LogP contribution in [0.3, 0.4) is 0 Å². The first-order valence-corrected chi connectivity index (χ1v) is 11.6. The smallest absolute Gasteiger partial charge is 0.410 e. The van der Waals surface area contributed by atoms with Crippen LogP contribution in [0.25, 0.3) is 0 Å². The van der Waals surface area contributed by atoms with E-state index in [1.165, 1.54) is 5.57 Å². The van der Waals surface area contributed by atoms with E-state index in [0.29, 0.717) is 25.4 Å². The van der Waals surface area contributed by atoms with Crippen LogP contribution >= 0.6 is 0 Å². The van der Waals surface area contributed by atoms with E-state index in [-0.39, 0.29) is 29.3 Å². The first-order chi connectivity index (χ1) is 14.9. The van der Waals surface area contributed by atoms with Gasteiger partial charge in [-0.25, -0.2) is 4.79 Å². The fraction of sp³-hybridized carbons (Fsp3) is 0.654. The molecular formula is C26H37NO5. The molecule has 0 radical (unpaired) electrons. The number of aromatic hydroxyl groups is 1. The molecule has 4 rings (SSSR count). The second kappa shape index (κ2) is 7.98. The van der Waals surface area contributed by atoms with Crippen LogP contribution in [0, 0.1) is 11.3 Å². The summed E-state index contributed by atoms with van der Waals surface area (Å²) >= 11 is 0. The Labute approximate surface area is 191 Å². The summed E-state index contributed by atoms with van der Waals surface area (Å²) < 4.78 is 18.6. The molecule has 0 aliphatic carbocycles. The van der Waals surface area contributed by atoms with E-state index in [2.05, 4.69) is 26.8 Å². The van der Waals surface area contributed by atoms with Gasteiger partial charge in [0.05, 0.1) is 12.7 Å². The van der Waals surface area contributed by atoms with Gasteiger partial charge in [-0.3, -0.25) is 0 Å². The molecule has 2 fully saturated rings. The largest absolute Gasteiger partial charge is 0.508 e. The highest BCUT2D eigenvalue weighted by Gasteiger charge is 2.58. The van der Waals surface area contributed by atoms with Gasteiger partial charge in [0.1, 0.15) is 22.7 Å². The molecule has 0 aromatic heterocycles. The van der Waals surface area contributed by atoms with Crippen molar-refractivity contribution in [2.24, 2.45) is 11.3 Å². The number of amides is 1. The van der Waals surface area contributed by atoms with Gasteiger partial charge in [-0.2, -0.15) is 0 Å². The minimum absolute atomic E-state index is 0.0619. The van der Waals surface area contributed by atoms with E-state index >= 15 is 0 Å². The highest BCUT2D eigenvalue weighted by atomic mass is 16.6. The van der Waals surface area contributed by atoms with Crippen molar-refractivity contribution in [2.75, 3.05) is 19.7 Å². The van der Waals surface area contributed by atoms with Crippen LogP contribution in [0.4, 0.5) is 4.79 Å². The zero-order valence-electron chi connectivity index (χ0n) is 20.2. The third-order valence-corrected chi connectivity index (χ3v) is 6.92. The van der Waals surface area contributed by atoms with Gasteiger partial charge < -0.3 is 24.2 Å². The van der Waals surface area contributed by atoms with Crippen LogP contribution in [0.5, 0.6) is 11.5 Å². The Morgan fingerprint density at radius 1 is 1.31 bits per heavy atom. The van der Waals surface area contributed by atoms with Crippen molar-refractivity contribution in [1.82, 2.24) is 4.90 Å². The van der Waals surface area contributed by atoms with E-state index in [1.807, 2.05) is 26.8 Å². The Bertz CT molecular complexity index is 907. The van der Waals surface area contributed by atoms with Crippen LogP contribution in [0.2, 0.25) is 0 Å². The number of carbonyl (C=O) groups is 1. The topological polar surface area (TPSA) is 68.2 Å². The quantitative estimate of drug-likeness (QED) is 0.616. The highest BCUT2D eigenvalue weighted by Crippen LogP contribution is 2.56. The van der Waals surface area contributed by atoms with Gasteiger partial charge in [-0.15, -0.1) is 0 Å². The number of hydrogen-bond donors (Lipinski definition) is 1. The molecule has 1 aromatic rings. The second-order valence-corrected chi connectivity index (χ2v) is 11.3. The lowest BCUT2D eigenvalue weighted by molar-refractivity contribution is -0.199. The molecular weight excluding hydrogens is 406 g/mol. The summed E-state index contributed by atoms with van der Waals surface area (Å²) in [6.07, 6.45) is 4.64. The van der Waals surface area contributed by atoms with Crippen LogP contribution in [-0.4, -0.2) is 47.0 Å². The predicted octanol–water partition coefficient (Wildman–Crippen LogP) is 5.60. The van der Waals surface area contributed by atoms with Crippen molar-refractivity contribution >= 4 is 6.09 Å². The third kappa shape index (κ3) is 4.47. The van der Waals surface area contributed by atoms with Crippen molar-refractivity contribution in [1.29, 1.82) is 0 Å². The molecule has 1 N–H and O–H groups in total. The van der Waals surface area contributed by atoms with Gasteiger partial charge in [-0.05, 0) is 72.9 Å². The number of likely N-dealkylation sites (tertiary alicyclic amines) is 1. The molecule has 3 aliphatic heterocycles. The molecule has 32 heavy (non-hydrogen) atoms. The molecule has 0 unspecified atom stereocenters. The average Bonchev–Trinajstić information content (AvgIpc) is 2.64. The highest BCUT2D eigenvalue weighted by molar-refractivity contribution is 5.69. The maximum atomic E-state index is 12.5. The molecule has 3 aliphatic rings. The van der Waals surface area contributed by atoms with E-state index in [4.69, 9.17) is 14.2 Å². The van der Waals surface area contributed by atoms with Crippen LogP contribution in [-0.2, 0) is 9.47 Å². The summed E-state index contributed by atoms with van der Waals surface area (Å²) in [5.74, 6) is 1.08. The predicted molar refractivity (Wildman–Crippen MR) is 123 cm³/mol. The second-order valence-electron chi connectivity index (χ2n) is 11.3. The van der Waals surface area contributed by atoms with Crippen molar-refractivity contribution in [3.8, 4) is 11.5 Å². The minimum atomic E-state index is -0.496. The summed E-state index contributed by atoms with van der Waals surface area (Å²) in [5, 5.41) is 10.0. The van der Waals surface area contributed by atoms with Crippen molar-refractivity contribution in [3.63, 3.8) is 0 Å². The fourth-order valence-corrected chi connectivity index (χ4v) is 5.35. The lowest BCUT2D eigenvalue weighted by Crippen LogP contribution is -2.65. The lowest BCUT2D eigenvalue weighted by atomic mass is 9.63. The Balaban J connectivity index is 1.55. The molecule has 3 atom stereocenters. The monoisotopic (exact) mass is 443 g/mol. The average molecular weight is 444 g/mol. The Hall–Kier alpha value is -2.21. The third-order valence-electron chi connectivity index (χ3n) is 6.92. The maximum absolute atomic E-state index is 12.5. The first-order valence-electron chi connectivity index (χ1n) is 11.6. The van der Waals surface area contributed by atoms with Crippen molar-refractivity contribution in [2.45, 2.75) is 78.1 Å². The number of phenols is 1. The molecule has 1 aromatic carbocycles. The summed E-state index contributed by atoms with van der Waals surface area (Å²) in [6, 6.07) is 5.32. The Kier molecular flexibility index (Phi) is 5.73. The number of benzene rings is 1. The summed E-state index contributed by atoms with van der Waals surface area (Å²) in [5.41, 5.74) is 1.32. The van der Waals surface area contributed by atoms with E-state index in [1.54, 1.807) is 17.0 Å². The minimum Gasteiger partial charge on any atom is -0.508 e. The molecule has 0 saturated carbocycles. The van der Waals surface area contributed by atoms with Crippen molar-refractivity contribution in [3.05, 3.63) is 35.4 Å². The summed E-state index contributed by atoms with van der Waals surface area (Å²) in [6.45, 7) is 14.0. The molecule has 176 valence electrons. The van der Waals surface area contributed by atoms with E-state index < -0.39 is 11.2 Å². The normalized spacial score (nSPS) is 28.1. The van der Waals surface area contributed by atoms with E-state index in [0.717, 1.165) is 24.8 Å².